The molecule has 1 aliphatic heterocycles. The normalized spacial score (nSPS) is 16.2. The van der Waals surface area contributed by atoms with E-state index in [0.29, 0.717) is 10.6 Å². The summed E-state index contributed by atoms with van der Waals surface area (Å²) in [5, 5.41) is 7.31. The molecule has 0 aliphatic carbocycles. The first-order valence-corrected chi connectivity index (χ1v) is 9.45. The third-order valence-electron chi connectivity index (χ3n) is 4.33. The van der Waals surface area contributed by atoms with Crippen LogP contribution >= 0.6 is 11.3 Å². The maximum absolute atomic E-state index is 12.3. The van der Waals surface area contributed by atoms with Gasteiger partial charge in [0.25, 0.3) is 5.91 Å². The summed E-state index contributed by atoms with van der Waals surface area (Å²) in [5.74, 6) is 0.394. The van der Waals surface area contributed by atoms with Crippen LogP contribution in [-0.4, -0.2) is 61.0 Å². The van der Waals surface area contributed by atoms with Gasteiger partial charge < -0.3 is 20.4 Å². The molecule has 1 saturated heterocycles. The average Bonchev–Trinajstić information content (AvgIpc) is 3.18. The Morgan fingerprint density at radius 1 is 1.19 bits per heavy atom. The van der Waals surface area contributed by atoms with Crippen LogP contribution in [0.1, 0.15) is 16.6 Å². The Hall–Kier alpha value is -2.45. The molecule has 8 heteroatoms. The Balaban J connectivity index is 1.53. The molecule has 0 saturated carbocycles. The van der Waals surface area contributed by atoms with Gasteiger partial charge in [0.05, 0.1) is 16.8 Å². The second-order valence-corrected chi connectivity index (χ2v) is 7.30. The Bertz CT molecular complexity index is 739. The van der Waals surface area contributed by atoms with Crippen molar-refractivity contribution in [3.8, 4) is 0 Å². The van der Waals surface area contributed by atoms with Crippen molar-refractivity contribution in [3.05, 3.63) is 40.7 Å². The molecule has 2 amide bonds. The maximum atomic E-state index is 12.3. The molecule has 2 aromatic heterocycles. The summed E-state index contributed by atoms with van der Waals surface area (Å²) in [5.41, 5.74) is 0.616. The number of amides is 2. The average molecular weight is 373 g/mol. The number of carbonyl (C=O) groups excluding carboxylic acids is 2. The van der Waals surface area contributed by atoms with Crippen LogP contribution in [-0.2, 0) is 4.79 Å². The van der Waals surface area contributed by atoms with Crippen molar-refractivity contribution in [2.75, 3.05) is 43.4 Å². The molecular formula is C18H23N5O2S. The number of pyridine rings is 1. The fourth-order valence-corrected chi connectivity index (χ4v) is 3.30. The van der Waals surface area contributed by atoms with E-state index in [0.717, 1.165) is 32.0 Å². The number of nitrogens with one attached hydrogen (secondary N) is 2. The zero-order chi connectivity index (χ0) is 18.5. The molecule has 1 atom stereocenters. The van der Waals surface area contributed by atoms with Gasteiger partial charge in [-0.3, -0.25) is 9.59 Å². The third-order valence-corrected chi connectivity index (χ3v) is 5.20. The minimum Gasteiger partial charge on any atom is -0.354 e. The van der Waals surface area contributed by atoms with Crippen molar-refractivity contribution >= 4 is 34.7 Å². The topological polar surface area (TPSA) is 77.6 Å². The second kappa shape index (κ2) is 8.29. The molecule has 0 aromatic carbocycles. The highest BCUT2D eigenvalue weighted by molar-refractivity contribution is 7.12. The first-order chi connectivity index (χ1) is 12.5. The van der Waals surface area contributed by atoms with Crippen molar-refractivity contribution in [1.29, 1.82) is 0 Å². The summed E-state index contributed by atoms with van der Waals surface area (Å²) in [4.78, 5) is 33.8. The Kier molecular flexibility index (Phi) is 5.85. The van der Waals surface area contributed by atoms with Crippen LogP contribution in [0.3, 0.4) is 0 Å². The smallest absolute Gasteiger partial charge is 0.261 e. The lowest BCUT2D eigenvalue weighted by Crippen LogP contribution is -2.44. The lowest BCUT2D eigenvalue weighted by molar-refractivity contribution is -0.117. The minimum absolute atomic E-state index is 0.244. The van der Waals surface area contributed by atoms with E-state index in [1.807, 2.05) is 17.5 Å². The molecule has 1 fully saturated rings. The van der Waals surface area contributed by atoms with Gasteiger partial charge in [-0.15, -0.1) is 11.3 Å². The number of rotatable bonds is 5. The molecule has 0 spiro atoms. The van der Waals surface area contributed by atoms with Crippen molar-refractivity contribution < 1.29 is 9.59 Å². The zero-order valence-corrected chi connectivity index (χ0v) is 15.8. The number of carbonyl (C=O) groups is 2. The standard InChI is InChI=1S/C18H23N5O2S/c1-13(20-18(25)15-4-3-11-26-15)17(24)21-14-5-6-16(19-12-14)23-9-7-22(2)8-10-23/h3-6,11-13H,7-10H2,1-2H3,(H,20,25)(H,21,24)/t13-/m0/s1. The second-order valence-electron chi connectivity index (χ2n) is 6.36. The largest absolute Gasteiger partial charge is 0.354 e. The number of thiophene rings is 1. The van der Waals surface area contributed by atoms with Gasteiger partial charge in [0.15, 0.2) is 0 Å². The summed E-state index contributed by atoms with van der Waals surface area (Å²) < 4.78 is 0. The fraction of sp³-hybridized carbons (Fsp3) is 0.389. The highest BCUT2D eigenvalue weighted by atomic mass is 32.1. The van der Waals surface area contributed by atoms with E-state index in [1.165, 1.54) is 11.3 Å². The zero-order valence-electron chi connectivity index (χ0n) is 14.9. The molecule has 0 unspecified atom stereocenters. The van der Waals surface area contributed by atoms with Gasteiger partial charge in [-0.05, 0) is 37.6 Å². The first kappa shape index (κ1) is 18.3. The predicted octanol–water partition coefficient (Wildman–Crippen LogP) is 1.65. The summed E-state index contributed by atoms with van der Waals surface area (Å²) in [6, 6.07) is 6.65. The fourth-order valence-electron chi connectivity index (χ4n) is 2.67. The Morgan fingerprint density at radius 2 is 1.96 bits per heavy atom. The number of likely N-dealkylation sites (N-methyl/N-ethyl adjacent to an activating group) is 1. The van der Waals surface area contributed by atoms with Gasteiger partial charge in [0.1, 0.15) is 11.9 Å². The lowest BCUT2D eigenvalue weighted by atomic mass is 10.2. The molecule has 7 nitrogen and oxygen atoms in total. The number of nitrogens with zero attached hydrogens (tertiary/aromatic N) is 3. The van der Waals surface area contributed by atoms with E-state index in [1.54, 1.807) is 25.3 Å². The van der Waals surface area contributed by atoms with Crippen molar-refractivity contribution in [1.82, 2.24) is 15.2 Å². The molecule has 0 bridgehead atoms. The number of hydrogen-bond acceptors (Lipinski definition) is 6. The van der Waals surface area contributed by atoms with Gasteiger partial charge in [0.2, 0.25) is 5.91 Å². The monoisotopic (exact) mass is 373 g/mol. The van der Waals surface area contributed by atoms with E-state index >= 15 is 0 Å². The van der Waals surface area contributed by atoms with E-state index < -0.39 is 6.04 Å². The number of aromatic nitrogens is 1. The number of piperazine rings is 1. The highest BCUT2D eigenvalue weighted by Gasteiger charge is 2.18. The van der Waals surface area contributed by atoms with Gasteiger partial charge in [-0.25, -0.2) is 4.98 Å². The minimum atomic E-state index is -0.637. The van der Waals surface area contributed by atoms with Crippen molar-refractivity contribution in [3.63, 3.8) is 0 Å². The van der Waals surface area contributed by atoms with Crippen LogP contribution in [0.2, 0.25) is 0 Å². The van der Waals surface area contributed by atoms with Gasteiger partial charge in [-0.2, -0.15) is 0 Å². The molecule has 1 aliphatic rings. The molecule has 0 radical (unpaired) electrons. The van der Waals surface area contributed by atoms with Crippen LogP contribution in [0, 0.1) is 0 Å². The maximum Gasteiger partial charge on any atom is 0.261 e. The molecule has 2 N–H and O–H groups in total. The highest BCUT2D eigenvalue weighted by Crippen LogP contribution is 2.16. The number of hydrogen-bond donors (Lipinski definition) is 2. The van der Waals surface area contributed by atoms with Gasteiger partial charge >= 0.3 is 0 Å². The van der Waals surface area contributed by atoms with Crippen LogP contribution in [0.25, 0.3) is 0 Å². The predicted molar refractivity (Wildman–Crippen MR) is 104 cm³/mol. The van der Waals surface area contributed by atoms with E-state index in [2.05, 4.69) is 32.5 Å². The molecule has 3 heterocycles. The summed E-state index contributed by atoms with van der Waals surface area (Å²) in [6.45, 7) is 5.58. The van der Waals surface area contributed by atoms with E-state index in [4.69, 9.17) is 0 Å². The lowest BCUT2D eigenvalue weighted by Gasteiger charge is -2.33. The van der Waals surface area contributed by atoms with Gasteiger partial charge in [0, 0.05) is 26.2 Å². The van der Waals surface area contributed by atoms with Gasteiger partial charge in [-0.1, -0.05) is 6.07 Å². The van der Waals surface area contributed by atoms with Crippen molar-refractivity contribution in [2.24, 2.45) is 0 Å². The Morgan fingerprint density at radius 3 is 2.58 bits per heavy atom. The van der Waals surface area contributed by atoms with Crippen LogP contribution in [0.4, 0.5) is 11.5 Å². The van der Waals surface area contributed by atoms with Crippen LogP contribution in [0.5, 0.6) is 0 Å². The summed E-state index contributed by atoms with van der Waals surface area (Å²) >= 11 is 1.34. The summed E-state index contributed by atoms with van der Waals surface area (Å²) in [7, 11) is 2.11. The quantitative estimate of drug-likeness (QED) is 0.833. The summed E-state index contributed by atoms with van der Waals surface area (Å²) in [6.07, 6.45) is 1.65. The SMILES string of the molecule is C[C@H](NC(=O)c1cccs1)C(=O)Nc1ccc(N2CCN(C)CC2)nc1. The first-order valence-electron chi connectivity index (χ1n) is 8.58. The molecule has 3 rings (SSSR count). The third kappa shape index (κ3) is 4.59. The molecule has 2 aromatic rings. The molecule has 26 heavy (non-hydrogen) atoms. The molecule has 138 valence electrons. The Labute approximate surface area is 157 Å². The van der Waals surface area contributed by atoms with E-state index in [-0.39, 0.29) is 11.8 Å². The van der Waals surface area contributed by atoms with Crippen LogP contribution in [0.15, 0.2) is 35.8 Å². The molecular weight excluding hydrogens is 350 g/mol. The van der Waals surface area contributed by atoms with Crippen LogP contribution < -0.4 is 15.5 Å². The van der Waals surface area contributed by atoms with Crippen molar-refractivity contribution in [2.45, 2.75) is 13.0 Å². The number of anilines is 2. The van der Waals surface area contributed by atoms with E-state index in [9.17, 15) is 9.59 Å².